The average Bonchev–Trinajstić information content (AvgIpc) is 3.94. The second-order valence-electron chi connectivity index (χ2n) is 17.9. The van der Waals surface area contributed by atoms with Crippen LogP contribution in [0.25, 0.3) is 27.0 Å². The second-order valence-corrected chi connectivity index (χ2v) is 19.9. The molecule has 0 radical (unpaired) electrons. The molecule has 0 unspecified atom stereocenters. The maximum atomic E-state index is 14.0. The molecule has 2 fully saturated rings. The van der Waals surface area contributed by atoms with Crippen LogP contribution in [0.2, 0.25) is 10.0 Å². The molecule has 0 aliphatic carbocycles. The van der Waals surface area contributed by atoms with Crippen LogP contribution >= 0.6 is 34.5 Å². The summed E-state index contributed by atoms with van der Waals surface area (Å²) in [5.41, 5.74) is 7.25. The van der Waals surface area contributed by atoms with Gasteiger partial charge in [0.1, 0.15) is 16.9 Å². The summed E-state index contributed by atoms with van der Waals surface area (Å²) in [6, 6.07) is 19.1. The van der Waals surface area contributed by atoms with Crippen molar-refractivity contribution in [2.24, 2.45) is 10.9 Å². The maximum absolute atomic E-state index is 14.0. The van der Waals surface area contributed by atoms with Crippen LogP contribution in [-0.4, -0.2) is 116 Å². The lowest BCUT2D eigenvalue weighted by atomic mass is 9.94. The zero-order valence-corrected chi connectivity index (χ0v) is 39.3. The number of benzene rings is 3. The zero-order valence-electron chi connectivity index (χ0n) is 37.0. The highest BCUT2D eigenvalue weighted by atomic mass is 35.5. The predicted molar refractivity (Wildman–Crippen MR) is 255 cm³/mol. The number of aryl methyl sites for hydroxylation is 2. The summed E-state index contributed by atoms with van der Waals surface area (Å²) in [6.45, 7) is 18.2. The van der Waals surface area contributed by atoms with E-state index in [1.165, 1.54) is 16.6 Å². The monoisotopic (exact) mass is 920 g/mol. The van der Waals surface area contributed by atoms with Crippen molar-refractivity contribution in [3.63, 3.8) is 0 Å². The van der Waals surface area contributed by atoms with E-state index >= 15 is 0 Å². The molecule has 64 heavy (non-hydrogen) atoms. The third-order valence-electron chi connectivity index (χ3n) is 13.4. The first-order valence-electron chi connectivity index (χ1n) is 22.1. The van der Waals surface area contributed by atoms with Crippen LogP contribution in [0.4, 0.5) is 0 Å². The minimum absolute atomic E-state index is 0.0955. The van der Waals surface area contributed by atoms with Crippen molar-refractivity contribution in [2.45, 2.75) is 65.5 Å². The molecular formula is C49H54Cl2N8O4S. The van der Waals surface area contributed by atoms with Crippen molar-refractivity contribution in [1.29, 1.82) is 0 Å². The lowest BCUT2D eigenvalue weighted by Crippen LogP contribution is -2.50. The number of aliphatic imine (C=N–C) groups is 1. The first kappa shape index (κ1) is 44.3. The van der Waals surface area contributed by atoms with Gasteiger partial charge in [-0.2, -0.15) is 0 Å². The number of aromatic nitrogens is 4. The van der Waals surface area contributed by atoms with Gasteiger partial charge >= 0.3 is 5.97 Å². The van der Waals surface area contributed by atoms with Gasteiger partial charge in [0.15, 0.2) is 5.82 Å². The number of hydrogen-bond donors (Lipinski definition) is 2. The number of aromatic amines is 1. The van der Waals surface area contributed by atoms with Crippen molar-refractivity contribution in [3.05, 3.63) is 121 Å². The number of fused-ring (bicyclic) bond motifs is 4. The Labute approximate surface area is 387 Å². The largest absolute Gasteiger partial charge is 0.478 e. The summed E-state index contributed by atoms with van der Waals surface area (Å²) >= 11 is 14.6. The third-order valence-corrected chi connectivity index (χ3v) is 15.2. The number of aromatic carboxylic acids is 1. The number of halogens is 2. The van der Waals surface area contributed by atoms with Gasteiger partial charge in [0.25, 0.3) is 0 Å². The van der Waals surface area contributed by atoms with Gasteiger partial charge in [-0.1, -0.05) is 59.6 Å². The number of nitrogens with zero attached hydrogens (tertiary/aromatic N) is 7. The fourth-order valence-corrected chi connectivity index (χ4v) is 11.1. The number of rotatable bonds is 12. The molecule has 3 aliphatic heterocycles. The van der Waals surface area contributed by atoms with Gasteiger partial charge < -0.3 is 24.6 Å². The number of piperidine rings is 1. The number of H-pyrrole nitrogens is 1. The number of thiophene rings is 1. The van der Waals surface area contributed by atoms with Gasteiger partial charge in [-0.3, -0.25) is 19.3 Å². The summed E-state index contributed by atoms with van der Waals surface area (Å²) in [5.74, 6) is 1.24. The van der Waals surface area contributed by atoms with E-state index in [9.17, 15) is 14.7 Å². The molecule has 3 aromatic carbocycles. The fourth-order valence-electron chi connectivity index (χ4n) is 9.47. The molecule has 3 aromatic heterocycles. The molecule has 0 spiro atoms. The minimum atomic E-state index is -0.978. The molecule has 9 rings (SSSR count). The Morgan fingerprint density at radius 1 is 0.906 bits per heavy atom. The van der Waals surface area contributed by atoms with Crippen molar-refractivity contribution in [2.75, 3.05) is 59.0 Å². The van der Waals surface area contributed by atoms with E-state index in [4.69, 9.17) is 32.9 Å². The number of carboxylic acid groups (broad SMARTS) is 1. The molecular weight excluding hydrogens is 868 g/mol. The first-order valence-corrected chi connectivity index (χ1v) is 23.7. The summed E-state index contributed by atoms with van der Waals surface area (Å²) < 4.78 is 8.59. The molecule has 1 atom stereocenters. The molecule has 6 heterocycles. The Morgan fingerprint density at radius 3 is 2.31 bits per heavy atom. The molecule has 334 valence electrons. The van der Waals surface area contributed by atoms with Crippen LogP contribution in [0.1, 0.15) is 88.3 Å². The predicted octanol–water partition coefficient (Wildman–Crippen LogP) is 9.50. The van der Waals surface area contributed by atoms with Crippen LogP contribution in [0.3, 0.4) is 0 Å². The van der Waals surface area contributed by atoms with Crippen molar-refractivity contribution < 1.29 is 19.4 Å². The summed E-state index contributed by atoms with van der Waals surface area (Å²) in [5, 5.41) is 21.6. The molecule has 2 saturated heterocycles. The van der Waals surface area contributed by atoms with Crippen LogP contribution < -0.4 is 0 Å². The van der Waals surface area contributed by atoms with Crippen LogP contribution in [-0.2, 0) is 15.1 Å². The Morgan fingerprint density at radius 2 is 1.61 bits per heavy atom. The topological polar surface area (TPSA) is 132 Å². The minimum Gasteiger partial charge on any atom is -0.478 e. The van der Waals surface area contributed by atoms with Crippen LogP contribution in [0.5, 0.6) is 0 Å². The van der Waals surface area contributed by atoms with Crippen molar-refractivity contribution in [3.8, 4) is 16.1 Å². The second kappa shape index (κ2) is 18.2. The van der Waals surface area contributed by atoms with Gasteiger partial charge in [0.2, 0.25) is 5.91 Å². The maximum Gasteiger partial charge on any atom is 0.337 e. The fraction of sp³-hybridized carbons (Fsp3) is 0.408. The number of amides is 1. The van der Waals surface area contributed by atoms with Gasteiger partial charge in [-0.25, -0.2) is 4.79 Å². The smallest absolute Gasteiger partial charge is 0.337 e. The number of hydrogen-bond acceptors (Lipinski definition) is 9. The van der Waals surface area contributed by atoms with E-state index in [1.807, 2.05) is 54.3 Å². The zero-order chi connectivity index (χ0) is 44.9. The molecule has 2 N–H and O–H groups in total. The molecule has 12 nitrogen and oxygen atoms in total. The molecule has 0 saturated carbocycles. The summed E-state index contributed by atoms with van der Waals surface area (Å²) in [4.78, 5) is 42.3. The molecule has 15 heteroatoms. The van der Waals surface area contributed by atoms with Crippen LogP contribution in [0, 0.1) is 26.7 Å². The highest BCUT2D eigenvalue weighted by Crippen LogP contribution is 2.40. The quantitative estimate of drug-likeness (QED) is 0.124. The van der Waals surface area contributed by atoms with E-state index in [0.29, 0.717) is 52.4 Å². The van der Waals surface area contributed by atoms with Crippen molar-refractivity contribution in [1.82, 2.24) is 34.4 Å². The number of ether oxygens (including phenoxy) is 1. The van der Waals surface area contributed by atoms with Crippen molar-refractivity contribution >= 4 is 63.0 Å². The molecule has 6 aromatic rings. The average molecular weight is 922 g/mol. The number of piperazine rings is 1. The van der Waals surface area contributed by atoms with Crippen LogP contribution in [0.15, 0.2) is 71.9 Å². The van der Waals surface area contributed by atoms with Gasteiger partial charge in [-0.15, -0.1) is 21.5 Å². The van der Waals surface area contributed by atoms with Gasteiger partial charge in [0.05, 0.1) is 34.9 Å². The number of carbonyl (C=O) groups excluding carboxylic acids is 1. The Kier molecular flexibility index (Phi) is 12.6. The normalized spacial score (nSPS) is 17.6. The standard InChI is InChI=1S/C49H54Cl2N8O4S/c1-29-30(2)64-47-44(29)45(34-8-12-36(50)13-9-34)53-42(46-55-54-31(3)59(46)47)26-43(60)58-20-18-57(19-21-58)28-32-14-16-56(17-15-32)22-23-63-49(4,5)35-10-6-33(7-11-35)37-24-38-39(48(61)62)27-52-41(38)25-40(37)51/h6-13,24-25,27,32,42,52H,14-23,26,28H2,1-5H3,(H,61,62)/t42-/m0/s1. The van der Waals surface area contributed by atoms with E-state index < -0.39 is 17.6 Å². The number of carbonyl (C=O) groups is 2. The first-order chi connectivity index (χ1) is 30.7. The Hall–Kier alpha value is -4.89. The lowest BCUT2D eigenvalue weighted by molar-refractivity contribution is -0.133. The van der Waals surface area contributed by atoms with E-state index in [1.54, 1.807) is 17.4 Å². The lowest BCUT2D eigenvalue weighted by Gasteiger charge is -2.39. The number of likely N-dealkylation sites (tertiary alicyclic amines) is 1. The number of carboxylic acids is 1. The SMILES string of the molecule is Cc1sc2c(c1C)C(c1ccc(Cl)cc1)=N[C@@H](CC(=O)N1CCN(CC3CCN(CCOC(C)(C)c4ccc(-c5cc6c(C(=O)O)c[nH]c6cc5Cl)cc4)CC3)CC1)c1nnc(C)n1-2. The highest BCUT2D eigenvalue weighted by Gasteiger charge is 2.34. The molecule has 3 aliphatic rings. The van der Waals surface area contributed by atoms with E-state index in [-0.39, 0.29) is 17.9 Å². The summed E-state index contributed by atoms with van der Waals surface area (Å²) in [7, 11) is 0. The van der Waals surface area contributed by atoms with E-state index in [0.717, 1.165) is 96.5 Å². The molecule has 1 amide bonds. The van der Waals surface area contributed by atoms with Gasteiger partial charge in [-0.05, 0) is 107 Å². The van der Waals surface area contributed by atoms with Gasteiger partial charge in [0, 0.05) is 83.0 Å². The third kappa shape index (κ3) is 8.90. The Bertz CT molecular complexity index is 2720. The Balaban J connectivity index is 0.746. The van der Waals surface area contributed by atoms with E-state index in [2.05, 4.69) is 69.4 Å². The molecule has 0 bridgehead atoms. The highest BCUT2D eigenvalue weighted by molar-refractivity contribution is 7.15. The number of nitrogens with one attached hydrogen (secondary N) is 1. The summed E-state index contributed by atoms with van der Waals surface area (Å²) in [6.07, 6.45) is 4.02.